The maximum Gasteiger partial charge on any atom is 0.0329 e. The fraction of sp³-hybridized carbons (Fsp3) is 1.00. The van der Waals surface area contributed by atoms with Crippen LogP contribution in [0.4, 0.5) is 0 Å². The second-order valence-corrected chi connectivity index (χ2v) is 5.01. The predicted molar refractivity (Wildman–Crippen MR) is 67.0 cm³/mol. The van der Waals surface area contributed by atoms with Crippen LogP contribution in [0.1, 0.15) is 52.9 Å². The van der Waals surface area contributed by atoms with Gasteiger partial charge in [-0.25, -0.2) is 0 Å². The number of likely N-dealkylation sites (N-methyl/N-ethyl adjacent to an activating group) is 1. The molecule has 0 amide bonds. The first-order valence-corrected chi connectivity index (χ1v) is 6.67. The summed E-state index contributed by atoms with van der Waals surface area (Å²) in [4.78, 5) is 2.65. The third kappa shape index (κ3) is 3.18. The van der Waals surface area contributed by atoms with E-state index in [2.05, 4.69) is 25.7 Å². The lowest BCUT2D eigenvalue weighted by molar-refractivity contribution is 0.0801. The molecule has 0 spiro atoms. The van der Waals surface area contributed by atoms with Gasteiger partial charge in [0.15, 0.2) is 0 Å². The van der Waals surface area contributed by atoms with E-state index in [9.17, 15) is 0 Å². The van der Waals surface area contributed by atoms with Crippen LogP contribution in [0.25, 0.3) is 0 Å². The standard InChI is InChI=1S/C13H28N2/c1-4-9-13(5-2,11-14)15(6-3)10-12-7-8-12/h12H,4-11,14H2,1-3H3. The summed E-state index contributed by atoms with van der Waals surface area (Å²) < 4.78 is 0. The lowest BCUT2D eigenvalue weighted by atomic mass is 9.88. The van der Waals surface area contributed by atoms with E-state index in [0.29, 0.717) is 0 Å². The first kappa shape index (κ1) is 13.0. The van der Waals surface area contributed by atoms with Crippen LogP contribution in [0.15, 0.2) is 0 Å². The Morgan fingerprint density at radius 1 is 1.27 bits per heavy atom. The smallest absolute Gasteiger partial charge is 0.0329 e. The van der Waals surface area contributed by atoms with Crippen LogP contribution < -0.4 is 5.73 Å². The Hall–Kier alpha value is -0.0800. The Morgan fingerprint density at radius 2 is 1.93 bits per heavy atom. The molecule has 0 aromatic carbocycles. The van der Waals surface area contributed by atoms with Gasteiger partial charge < -0.3 is 5.73 Å². The summed E-state index contributed by atoms with van der Waals surface area (Å²) in [6, 6.07) is 0. The van der Waals surface area contributed by atoms with Gasteiger partial charge in [0.25, 0.3) is 0 Å². The molecule has 1 rings (SSSR count). The van der Waals surface area contributed by atoms with Gasteiger partial charge in [-0.2, -0.15) is 0 Å². The quantitative estimate of drug-likeness (QED) is 0.670. The highest BCUT2D eigenvalue weighted by atomic mass is 15.2. The molecule has 0 aromatic heterocycles. The Kier molecular flexibility index (Phi) is 5.07. The van der Waals surface area contributed by atoms with E-state index in [1.165, 1.54) is 38.6 Å². The Balaban J connectivity index is 2.62. The first-order valence-electron chi connectivity index (χ1n) is 6.67. The molecule has 1 aliphatic carbocycles. The Morgan fingerprint density at radius 3 is 2.27 bits per heavy atom. The predicted octanol–water partition coefficient (Wildman–Crippen LogP) is 2.63. The average Bonchev–Trinajstić information content (AvgIpc) is 3.07. The highest BCUT2D eigenvalue weighted by Crippen LogP contribution is 2.34. The van der Waals surface area contributed by atoms with Crippen LogP contribution in [-0.2, 0) is 0 Å². The van der Waals surface area contributed by atoms with E-state index in [0.717, 1.165) is 19.0 Å². The molecule has 1 unspecified atom stereocenters. The van der Waals surface area contributed by atoms with E-state index in [4.69, 9.17) is 5.73 Å². The molecular weight excluding hydrogens is 184 g/mol. The number of rotatable bonds is 8. The summed E-state index contributed by atoms with van der Waals surface area (Å²) in [6.45, 7) is 10.1. The fourth-order valence-corrected chi connectivity index (χ4v) is 2.67. The first-order chi connectivity index (χ1) is 7.22. The van der Waals surface area contributed by atoms with E-state index in [-0.39, 0.29) is 5.54 Å². The summed E-state index contributed by atoms with van der Waals surface area (Å²) >= 11 is 0. The molecule has 0 aromatic rings. The highest BCUT2D eigenvalue weighted by molar-refractivity contribution is 4.92. The van der Waals surface area contributed by atoms with Crippen LogP contribution in [0.2, 0.25) is 0 Å². The third-order valence-corrected chi connectivity index (χ3v) is 3.98. The minimum atomic E-state index is 0.284. The van der Waals surface area contributed by atoms with Gasteiger partial charge in [0.1, 0.15) is 0 Å². The minimum Gasteiger partial charge on any atom is -0.329 e. The van der Waals surface area contributed by atoms with Gasteiger partial charge in [-0.3, -0.25) is 4.90 Å². The molecule has 1 aliphatic rings. The van der Waals surface area contributed by atoms with Crippen molar-refractivity contribution in [2.24, 2.45) is 11.7 Å². The van der Waals surface area contributed by atoms with Crippen LogP contribution in [0.5, 0.6) is 0 Å². The molecule has 1 atom stereocenters. The monoisotopic (exact) mass is 212 g/mol. The molecule has 2 nitrogen and oxygen atoms in total. The van der Waals surface area contributed by atoms with Gasteiger partial charge in [0, 0.05) is 18.6 Å². The molecule has 90 valence electrons. The van der Waals surface area contributed by atoms with Gasteiger partial charge >= 0.3 is 0 Å². The van der Waals surface area contributed by atoms with Gasteiger partial charge in [0.05, 0.1) is 0 Å². The summed E-state index contributed by atoms with van der Waals surface area (Å²) in [7, 11) is 0. The lowest BCUT2D eigenvalue weighted by Gasteiger charge is -2.43. The zero-order valence-electron chi connectivity index (χ0n) is 10.8. The van der Waals surface area contributed by atoms with E-state index < -0.39 is 0 Å². The molecule has 0 bridgehead atoms. The van der Waals surface area contributed by atoms with E-state index in [1.807, 2.05) is 0 Å². The summed E-state index contributed by atoms with van der Waals surface area (Å²) in [5.41, 5.74) is 6.32. The van der Waals surface area contributed by atoms with Gasteiger partial charge in [0.2, 0.25) is 0 Å². The molecule has 1 fully saturated rings. The highest BCUT2D eigenvalue weighted by Gasteiger charge is 2.35. The fourth-order valence-electron chi connectivity index (χ4n) is 2.67. The Bertz CT molecular complexity index is 171. The van der Waals surface area contributed by atoms with Crippen molar-refractivity contribution in [3.8, 4) is 0 Å². The number of hydrogen-bond donors (Lipinski definition) is 1. The average molecular weight is 212 g/mol. The van der Waals surface area contributed by atoms with Gasteiger partial charge in [-0.05, 0) is 38.1 Å². The molecule has 15 heavy (non-hydrogen) atoms. The number of nitrogens with zero attached hydrogens (tertiary/aromatic N) is 1. The van der Waals surface area contributed by atoms with Crippen molar-refractivity contribution in [1.29, 1.82) is 0 Å². The summed E-state index contributed by atoms with van der Waals surface area (Å²) in [5.74, 6) is 0.972. The van der Waals surface area contributed by atoms with Crippen molar-refractivity contribution >= 4 is 0 Å². The maximum absolute atomic E-state index is 6.04. The number of hydrogen-bond acceptors (Lipinski definition) is 2. The van der Waals surface area contributed by atoms with Crippen molar-refractivity contribution in [2.75, 3.05) is 19.6 Å². The van der Waals surface area contributed by atoms with Crippen LogP contribution >= 0.6 is 0 Å². The second-order valence-electron chi connectivity index (χ2n) is 5.01. The van der Waals surface area contributed by atoms with Gasteiger partial charge in [-0.15, -0.1) is 0 Å². The topological polar surface area (TPSA) is 29.3 Å². The van der Waals surface area contributed by atoms with Crippen LogP contribution in [-0.4, -0.2) is 30.1 Å². The van der Waals surface area contributed by atoms with Crippen molar-refractivity contribution in [2.45, 2.75) is 58.4 Å². The molecular formula is C13H28N2. The maximum atomic E-state index is 6.04. The summed E-state index contributed by atoms with van der Waals surface area (Å²) in [6.07, 6.45) is 6.56. The zero-order chi connectivity index (χ0) is 11.3. The molecule has 0 heterocycles. The molecule has 0 aliphatic heterocycles. The second kappa shape index (κ2) is 5.86. The van der Waals surface area contributed by atoms with Crippen molar-refractivity contribution in [3.05, 3.63) is 0 Å². The van der Waals surface area contributed by atoms with Crippen LogP contribution in [0.3, 0.4) is 0 Å². The molecule has 2 N–H and O–H groups in total. The Labute approximate surface area is 95.2 Å². The van der Waals surface area contributed by atoms with Crippen molar-refractivity contribution < 1.29 is 0 Å². The van der Waals surface area contributed by atoms with Crippen LogP contribution in [0, 0.1) is 5.92 Å². The van der Waals surface area contributed by atoms with E-state index >= 15 is 0 Å². The van der Waals surface area contributed by atoms with Crippen molar-refractivity contribution in [1.82, 2.24) is 4.90 Å². The summed E-state index contributed by atoms with van der Waals surface area (Å²) in [5, 5.41) is 0. The number of nitrogens with two attached hydrogens (primary N) is 1. The normalized spacial score (nSPS) is 20.6. The largest absolute Gasteiger partial charge is 0.329 e. The molecule has 1 saturated carbocycles. The SMILES string of the molecule is CCCC(CC)(CN)N(CC)CC1CC1. The van der Waals surface area contributed by atoms with E-state index in [1.54, 1.807) is 0 Å². The third-order valence-electron chi connectivity index (χ3n) is 3.98. The molecule has 2 heteroatoms. The lowest BCUT2D eigenvalue weighted by Crippen LogP contribution is -2.54. The minimum absolute atomic E-state index is 0.284. The molecule has 0 radical (unpaired) electrons. The van der Waals surface area contributed by atoms with Gasteiger partial charge in [-0.1, -0.05) is 27.2 Å². The zero-order valence-corrected chi connectivity index (χ0v) is 10.8. The van der Waals surface area contributed by atoms with Crippen molar-refractivity contribution in [3.63, 3.8) is 0 Å². The molecule has 0 saturated heterocycles.